The number of carboxylic acid groups (broad SMARTS) is 1. The van der Waals surface area contributed by atoms with E-state index in [9.17, 15) is 14.2 Å². The summed E-state index contributed by atoms with van der Waals surface area (Å²) >= 11 is 0.933. The molecule has 1 aromatic heterocycles. The van der Waals surface area contributed by atoms with Crippen LogP contribution in [0.15, 0.2) is 54.6 Å². The van der Waals surface area contributed by atoms with E-state index in [1.165, 1.54) is 36.4 Å². The van der Waals surface area contributed by atoms with E-state index < -0.39 is 43.3 Å². The molecule has 3 aromatic rings. The van der Waals surface area contributed by atoms with Crippen LogP contribution in [0, 0.1) is 0 Å². The van der Waals surface area contributed by atoms with Gasteiger partial charge < -0.3 is 14.4 Å². The molecule has 7 nitrogen and oxygen atoms in total. The van der Waals surface area contributed by atoms with Gasteiger partial charge in [0.25, 0.3) is 0 Å². The molecule has 1 atom stereocenters. The maximum atomic E-state index is 15.6. The minimum absolute atomic E-state index is 0.0151. The van der Waals surface area contributed by atoms with Gasteiger partial charge in [0.15, 0.2) is 0 Å². The number of rotatable bonds is 9. The second kappa shape index (κ2) is 9.36. The third-order valence-electron chi connectivity index (χ3n) is 4.22. The molecular formula is C21H20F2NO6PS. The van der Waals surface area contributed by atoms with Gasteiger partial charge in [-0.2, -0.15) is 8.78 Å². The first-order valence-corrected chi connectivity index (χ1v) is 11.9. The standard InChI is InChI=1S/C21H20F2NO6PS/c1-13(2)29-19(25)12-24-31(28,30-16-6-4-3-5-7-16)21(22,23)15-8-9-17-14(10-15)11-18(32-17)20(26)27/h3-11,13H,12H2,1-2H3,(H,24,28)(H,26,27). The predicted octanol–water partition coefficient (Wildman–Crippen LogP) is 5.46. The molecule has 0 saturated carbocycles. The average Bonchev–Trinajstić information content (AvgIpc) is 3.16. The van der Waals surface area contributed by atoms with Crippen LogP contribution in [0.25, 0.3) is 10.1 Å². The summed E-state index contributed by atoms with van der Waals surface area (Å²) < 4.78 is 55.3. The van der Waals surface area contributed by atoms with Gasteiger partial charge in [-0.3, -0.25) is 9.36 Å². The molecule has 3 rings (SSSR count). The van der Waals surface area contributed by atoms with Gasteiger partial charge in [0, 0.05) is 10.3 Å². The number of hydrogen-bond donors (Lipinski definition) is 2. The maximum absolute atomic E-state index is 15.6. The topological polar surface area (TPSA) is 102 Å². The van der Waals surface area contributed by atoms with E-state index in [0.717, 1.165) is 23.5 Å². The Morgan fingerprint density at radius 1 is 1.16 bits per heavy atom. The van der Waals surface area contributed by atoms with E-state index in [4.69, 9.17) is 14.4 Å². The molecule has 0 aliphatic heterocycles. The summed E-state index contributed by atoms with van der Waals surface area (Å²) in [6, 6.07) is 12.1. The Morgan fingerprint density at radius 3 is 2.47 bits per heavy atom. The number of carbonyl (C=O) groups excluding carboxylic acids is 1. The molecule has 0 radical (unpaired) electrons. The molecule has 0 aliphatic carbocycles. The van der Waals surface area contributed by atoms with Crippen LogP contribution in [0.1, 0.15) is 29.1 Å². The molecule has 2 aromatic carbocycles. The average molecular weight is 483 g/mol. The molecule has 170 valence electrons. The molecule has 0 fully saturated rings. The Balaban J connectivity index is 1.99. The van der Waals surface area contributed by atoms with Crippen LogP contribution in [0.3, 0.4) is 0 Å². The monoisotopic (exact) mass is 483 g/mol. The molecule has 0 amide bonds. The van der Waals surface area contributed by atoms with Crippen molar-refractivity contribution in [3.8, 4) is 5.75 Å². The number of carboxylic acids is 1. The van der Waals surface area contributed by atoms with Crippen molar-refractivity contribution in [2.45, 2.75) is 25.6 Å². The number of hydrogen-bond acceptors (Lipinski definition) is 6. The second-order valence-corrected chi connectivity index (χ2v) is 10.3. The number of aromatic carboxylic acids is 1. The maximum Gasteiger partial charge on any atom is 0.390 e. The SMILES string of the molecule is CC(C)OC(=O)CNP(=O)(Oc1ccccc1)C(F)(F)c1ccc2sc(C(=O)O)cc2c1. The molecule has 0 saturated heterocycles. The zero-order valence-corrected chi connectivity index (χ0v) is 18.8. The highest BCUT2D eigenvalue weighted by Crippen LogP contribution is 2.63. The number of alkyl halides is 2. The summed E-state index contributed by atoms with van der Waals surface area (Å²) in [5.74, 6) is -2.12. The fourth-order valence-corrected chi connectivity index (χ4v) is 5.29. The van der Waals surface area contributed by atoms with Crippen LogP contribution in [0.4, 0.5) is 8.78 Å². The smallest absolute Gasteiger partial charge is 0.390 e. The van der Waals surface area contributed by atoms with Crippen molar-refractivity contribution >= 4 is 40.9 Å². The second-order valence-electron chi connectivity index (χ2n) is 7.04. The number of thiophene rings is 1. The Bertz CT molecular complexity index is 1180. The number of halogens is 2. The normalized spacial score (nSPS) is 13.7. The van der Waals surface area contributed by atoms with E-state index in [2.05, 4.69) is 5.09 Å². The summed E-state index contributed by atoms with van der Waals surface area (Å²) in [5.41, 5.74) is -4.70. The molecule has 2 N–H and O–H groups in total. The number of esters is 1. The van der Waals surface area contributed by atoms with Crippen LogP contribution < -0.4 is 9.61 Å². The quantitative estimate of drug-likeness (QED) is 0.308. The van der Waals surface area contributed by atoms with E-state index >= 15 is 8.78 Å². The van der Waals surface area contributed by atoms with Crippen molar-refractivity contribution in [2.24, 2.45) is 0 Å². The van der Waals surface area contributed by atoms with Crippen LogP contribution in [0.5, 0.6) is 5.75 Å². The number of para-hydroxylation sites is 1. The fraction of sp³-hybridized carbons (Fsp3) is 0.238. The number of carbonyl (C=O) groups is 2. The minimum Gasteiger partial charge on any atom is -0.477 e. The van der Waals surface area contributed by atoms with Gasteiger partial charge in [-0.05, 0) is 49.6 Å². The van der Waals surface area contributed by atoms with E-state index in [1.54, 1.807) is 19.9 Å². The zero-order valence-electron chi connectivity index (χ0n) is 17.1. The highest BCUT2D eigenvalue weighted by Gasteiger charge is 2.55. The number of nitrogens with one attached hydrogen (secondary N) is 1. The lowest BCUT2D eigenvalue weighted by molar-refractivity contribution is -0.145. The van der Waals surface area contributed by atoms with Gasteiger partial charge in [0.1, 0.15) is 17.2 Å². The van der Waals surface area contributed by atoms with Crippen molar-refractivity contribution in [3.63, 3.8) is 0 Å². The van der Waals surface area contributed by atoms with Crippen molar-refractivity contribution < 1.29 is 37.3 Å². The highest BCUT2D eigenvalue weighted by molar-refractivity contribution is 7.58. The Morgan fingerprint density at radius 2 is 1.84 bits per heavy atom. The largest absolute Gasteiger partial charge is 0.477 e. The van der Waals surface area contributed by atoms with Crippen LogP contribution >= 0.6 is 18.9 Å². The third kappa shape index (κ3) is 5.15. The van der Waals surface area contributed by atoms with E-state index in [0.29, 0.717) is 4.70 Å². The first-order chi connectivity index (χ1) is 15.0. The van der Waals surface area contributed by atoms with Gasteiger partial charge in [-0.1, -0.05) is 24.3 Å². The van der Waals surface area contributed by atoms with Crippen LogP contribution in [0.2, 0.25) is 0 Å². The molecule has 1 unspecified atom stereocenters. The van der Waals surface area contributed by atoms with Crippen molar-refractivity contribution in [1.29, 1.82) is 0 Å². The van der Waals surface area contributed by atoms with Gasteiger partial charge >= 0.3 is 25.1 Å². The molecule has 11 heteroatoms. The fourth-order valence-electron chi connectivity index (χ4n) is 2.80. The molecule has 1 heterocycles. The van der Waals surface area contributed by atoms with Gasteiger partial charge in [0.2, 0.25) is 0 Å². The summed E-state index contributed by atoms with van der Waals surface area (Å²) in [4.78, 5) is 23.1. The van der Waals surface area contributed by atoms with Crippen molar-refractivity contribution in [2.75, 3.05) is 6.54 Å². The molecular weight excluding hydrogens is 463 g/mol. The Hall–Kier alpha value is -2.81. The van der Waals surface area contributed by atoms with Crippen LogP contribution in [-0.2, 0) is 19.8 Å². The predicted molar refractivity (Wildman–Crippen MR) is 117 cm³/mol. The Labute approximate surface area is 186 Å². The number of ether oxygens (including phenoxy) is 1. The highest BCUT2D eigenvalue weighted by atomic mass is 32.1. The molecule has 0 spiro atoms. The molecule has 0 bridgehead atoms. The lowest BCUT2D eigenvalue weighted by atomic mass is 10.1. The molecule has 0 aliphatic rings. The van der Waals surface area contributed by atoms with Gasteiger partial charge in [-0.25, -0.2) is 9.88 Å². The third-order valence-corrected chi connectivity index (χ3v) is 7.36. The summed E-state index contributed by atoms with van der Waals surface area (Å²) in [5, 5.41) is 11.5. The number of benzene rings is 2. The minimum atomic E-state index is -5.05. The van der Waals surface area contributed by atoms with Gasteiger partial charge in [0.05, 0.1) is 6.10 Å². The molecule has 32 heavy (non-hydrogen) atoms. The first-order valence-electron chi connectivity index (χ1n) is 9.46. The number of fused-ring (bicyclic) bond motifs is 1. The zero-order chi connectivity index (χ0) is 23.5. The van der Waals surface area contributed by atoms with Crippen molar-refractivity contribution in [3.05, 3.63) is 65.0 Å². The van der Waals surface area contributed by atoms with E-state index in [1.807, 2.05) is 0 Å². The summed E-state index contributed by atoms with van der Waals surface area (Å²) in [6.07, 6.45) is -0.483. The Kier molecular flexibility index (Phi) is 6.97. The van der Waals surface area contributed by atoms with Crippen LogP contribution in [-0.4, -0.2) is 29.7 Å². The van der Waals surface area contributed by atoms with Gasteiger partial charge in [-0.15, -0.1) is 11.3 Å². The lowest BCUT2D eigenvalue weighted by Gasteiger charge is -2.28. The van der Waals surface area contributed by atoms with E-state index in [-0.39, 0.29) is 16.0 Å². The van der Waals surface area contributed by atoms with Crippen molar-refractivity contribution in [1.82, 2.24) is 5.09 Å². The first kappa shape index (κ1) is 23.8. The summed E-state index contributed by atoms with van der Waals surface area (Å²) in [6.45, 7) is 2.42. The summed E-state index contributed by atoms with van der Waals surface area (Å²) in [7, 11) is -5.05. The lowest BCUT2D eigenvalue weighted by Crippen LogP contribution is -2.32.